The lowest BCUT2D eigenvalue weighted by molar-refractivity contribution is 0.171. The second-order valence-corrected chi connectivity index (χ2v) is 6.47. The van der Waals surface area contributed by atoms with Crippen LogP contribution in [0.15, 0.2) is 23.1 Å². The van der Waals surface area contributed by atoms with Gasteiger partial charge in [0.15, 0.2) is 11.5 Å². The molecule has 0 spiro atoms. The van der Waals surface area contributed by atoms with Gasteiger partial charge in [-0.15, -0.1) is 0 Å². The van der Waals surface area contributed by atoms with Gasteiger partial charge in [0.2, 0.25) is 10.0 Å². The van der Waals surface area contributed by atoms with Crippen molar-refractivity contribution < 1.29 is 17.9 Å². The monoisotopic (exact) mass is 300 g/mol. The third-order valence-corrected chi connectivity index (χ3v) is 4.61. The molecular weight excluding hydrogens is 280 g/mol. The average Bonchev–Trinajstić information content (AvgIpc) is 2.44. The molecule has 1 heterocycles. The molecule has 1 aliphatic heterocycles. The van der Waals surface area contributed by atoms with E-state index in [1.807, 2.05) is 6.92 Å². The molecule has 1 atom stereocenters. The first kappa shape index (κ1) is 15.1. The number of rotatable bonds is 6. The van der Waals surface area contributed by atoms with Gasteiger partial charge in [-0.25, -0.2) is 13.1 Å². The molecule has 0 amide bonds. The molecule has 112 valence electrons. The van der Waals surface area contributed by atoms with Crippen LogP contribution in [0.3, 0.4) is 0 Å². The number of benzene rings is 1. The fourth-order valence-electron chi connectivity index (χ4n) is 2.01. The summed E-state index contributed by atoms with van der Waals surface area (Å²) in [5.41, 5.74) is 5.42. The van der Waals surface area contributed by atoms with E-state index in [4.69, 9.17) is 15.2 Å². The van der Waals surface area contributed by atoms with E-state index in [2.05, 4.69) is 4.72 Å². The van der Waals surface area contributed by atoms with Gasteiger partial charge in [-0.3, -0.25) is 0 Å². The van der Waals surface area contributed by atoms with Crippen molar-refractivity contribution in [2.24, 2.45) is 5.73 Å². The number of hydrogen-bond donors (Lipinski definition) is 2. The van der Waals surface area contributed by atoms with E-state index in [1.165, 1.54) is 12.1 Å². The summed E-state index contributed by atoms with van der Waals surface area (Å²) in [6.07, 6.45) is 1.49. The molecule has 2 rings (SSSR count). The summed E-state index contributed by atoms with van der Waals surface area (Å²) < 4.78 is 37.9. The van der Waals surface area contributed by atoms with Crippen molar-refractivity contribution in [3.05, 3.63) is 18.2 Å². The van der Waals surface area contributed by atoms with Gasteiger partial charge in [0, 0.05) is 12.1 Å². The molecule has 0 saturated carbocycles. The van der Waals surface area contributed by atoms with Crippen LogP contribution in [0.4, 0.5) is 0 Å². The summed E-state index contributed by atoms with van der Waals surface area (Å²) in [5, 5.41) is 0. The minimum absolute atomic E-state index is 0.156. The Bertz CT molecular complexity index is 559. The number of ether oxygens (including phenoxy) is 2. The van der Waals surface area contributed by atoms with Crippen molar-refractivity contribution in [1.82, 2.24) is 4.72 Å². The summed E-state index contributed by atoms with van der Waals surface area (Å²) in [6.45, 7) is 3.28. The van der Waals surface area contributed by atoms with E-state index in [-0.39, 0.29) is 10.9 Å². The predicted molar refractivity (Wildman–Crippen MR) is 75.5 cm³/mol. The van der Waals surface area contributed by atoms with Crippen molar-refractivity contribution >= 4 is 10.0 Å². The highest BCUT2D eigenvalue weighted by atomic mass is 32.2. The van der Waals surface area contributed by atoms with Crippen molar-refractivity contribution in [2.45, 2.75) is 30.7 Å². The van der Waals surface area contributed by atoms with E-state index in [1.54, 1.807) is 6.07 Å². The molecule has 1 aromatic carbocycles. The Morgan fingerprint density at radius 3 is 2.70 bits per heavy atom. The van der Waals surface area contributed by atoms with Gasteiger partial charge in [0.25, 0.3) is 0 Å². The largest absolute Gasteiger partial charge is 0.486 e. The van der Waals surface area contributed by atoms with Gasteiger partial charge < -0.3 is 15.2 Å². The number of hydrogen-bond acceptors (Lipinski definition) is 5. The first-order valence-electron chi connectivity index (χ1n) is 6.65. The fraction of sp³-hybridized carbons (Fsp3) is 0.538. The lowest BCUT2D eigenvalue weighted by Gasteiger charge is -2.19. The van der Waals surface area contributed by atoms with E-state index in [0.717, 1.165) is 6.42 Å². The zero-order chi connectivity index (χ0) is 14.6. The van der Waals surface area contributed by atoms with Crippen LogP contribution < -0.4 is 19.9 Å². The maximum absolute atomic E-state index is 12.3. The van der Waals surface area contributed by atoms with Crippen molar-refractivity contribution in [3.63, 3.8) is 0 Å². The van der Waals surface area contributed by atoms with Crippen LogP contribution in [0.1, 0.15) is 19.8 Å². The third-order valence-electron chi connectivity index (χ3n) is 3.02. The molecular formula is C13H20N2O4S. The Kier molecular flexibility index (Phi) is 4.85. The molecule has 7 heteroatoms. The molecule has 0 aromatic heterocycles. The third kappa shape index (κ3) is 3.62. The maximum atomic E-state index is 12.3. The highest BCUT2D eigenvalue weighted by Gasteiger charge is 2.20. The summed E-state index contributed by atoms with van der Waals surface area (Å²) >= 11 is 0. The quantitative estimate of drug-likeness (QED) is 0.813. The molecule has 20 heavy (non-hydrogen) atoms. The second-order valence-electron chi connectivity index (χ2n) is 4.76. The minimum Gasteiger partial charge on any atom is -0.486 e. The molecule has 0 radical (unpaired) electrons. The summed E-state index contributed by atoms with van der Waals surface area (Å²) in [7, 11) is -3.55. The van der Waals surface area contributed by atoms with Crippen LogP contribution in [-0.2, 0) is 10.0 Å². The van der Waals surface area contributed by atoms with Crippen molar-refractivity contribution in [3.8, 4) is 11.5 Å². The van der Waals surface area contributed by atoms with Gasteiger partial charge in [-0.1, -0.05) is 0 Å². The minimum atomic E-state index is -3.55. The van der Waals surface area contributed by atoms with Crippen LogP contribution in [0, 0.1) is 0 Å². The molecule has 0 aliphatic carbocycles. The number of fused-ring (bicyclic) bond motifs is 1. The van der Waals surface area contributed by atoms with Gasteiger partial charge in [0.05, 0.1) is 4.90 Å². The van der Waals surface area contributed by atoms with Crippen LogP contribution in [0.2, 0.25) is 0 Å². The lowest BCUT2D eigenvalue weighted by atomic mass is 10.2. The molecule has 1 unspecified atom stereocenters. The highest BCUT2D eigenvalue weighted by Crippen LogP contribution is 2.32. The van der Waals surface area contributed by atoms with Crippen molar-refractivity contribution in [1.29, 1.82) is 0 Å². The van der Waals surface area contributed by atoms with Gasteiger partial charge >= 0.3 is 0 Å². The van der Waals surface area contributed by atoms with E-state index >= 15 is 0 Å². The summed E-state index contributed by atoms with van der Waals surface area (Å²) in [6, 6.07) is 4.47. The zero-order valence-corrected chi connectivity index (χ0v) is 12.3. The normalized spacial score (nSPS) is 15.9. The molecule has 1 aromatic rings. The topological polar surface area (TPSA) is 90.7 Å². The van der Waals surface area contributed by atoms with Crippen LogP contribution in [0.5, 0.6) is 11.5 Å². The SMILES string of the molecule is CC(CCCN)NS(=O)(=O)c1ccc2c(c1)OCCO2. The number of sulfonamides is 1. The van der Waals surface area contributed by atoms with Gasteiger partial charge in [-0.2, -0.15) is 0 Å². The first-order chi connectivity index (χ1) is 9.53. The smallest absolute Gasteiger partial charge is 0.240 e. The molecule has 6 nitrogen and oxygen atoms in total. The van der Waals surface area contributed by atoms with Crippen LogP contribution in [-0.4, -0.2) is 34.2 Å². The lowest BCUT2D eigenvalue weighted by Crippen LogP contribution is -2.33. The molecule has 0 saturated heterocycles. The average molecular weight is 300 g/mol. The zero-order valence-electron chi connectivity index (χ0n) is 11.5. The Labute approximate surface area is 119 Å². The molecule has 0 fully saturated rings. The fourth-order valence-corrected chi connectivity index (χ4v) is 3.30. The van der Waals surface area contributed by atoms with E-state index in [9.17, 15) is 8.42 Å². The van der Waals surface area contributed by atoms with Crippen LogP contribution >= 0.6 is 0 Å². The van der Waals surface area contributed by atoms with Gasteiger partial charge in [-0.05, 0) is 38.4 Å². The number of nitrogens with one attached hydrogen (secondary N) is 1. The predicted octanol–water partition coefficient (Wildman–Crippen LogP) is 0.864. The Morgan fingerprint density at radius 1 is 1.30 bits per heavy atom. The number of nitrogens with two attached hydrogens (primary N) is 1. The summed E-state index contributed by atoms with van der Waals surface area (Å²) in [4.78, 5) is 0.182. The van der Waals surface area contributed by atoms with E-state index in [0.29, 0.717) is 37.7 Å². The molecule has 0 bridgehead atoms. The second kappa shape index (κ2) is 6.43. The highest BCUT2D eigenvalue weighted by molar-refractivity contribution is 7.89. The van der Waals surface area contributed by atoms with Crippen LogP contribution in [0.25, 0.3) is 0 Å². The van der Waals surface area contributed by atoms with Crippen molar-refractivity contribution in [2.75, 3.05) is 19.8 Å². The van der Waals surface area contributed by atoms with Gasteiger partial charge in [0.1, 0.15) is 13.2 Å². The Morgan fingerprint density at radius 2 is 2.00 bits per heavy atom. The maximum Gasteiger partial charge on any atom is 0.240 e. The standard InChI is InChI=1S/C13H20N2O4S/c1-10(3-2-6-14)15-20(16,17)11-4-5-12-13(9-11)19-8-7-18-12/h4-5,9-10,15H,2-3,6-8,14H2,1H3. The summed E-state index contributed by atoms with van der Waals surface area (Å²) in [5.74, 6) is 1.04. The van der Waals surface area contributed by atoms with E-state index < -0.39 is 10.0 Å². The Balaban J connectivity index is 2.13. The molecule has 3 N–H and O–H groups in total. The molecule has 1 aliphatic rings. The first-order valence-corrected chi connectivity index (χ1v) is 8.13. The Hall–Kier alpha value is -1.31.